The third kappa shape index (κ3) is 4.01. The number of nitrogens with zero attached hydrogens (tertiary/aromatic N) is 5. The first kappa shape index (κ1) is 18.5. The number of hydrogen-bond acceptors (Lipinski definition) is 5. The number of halogens is 1. The molecule has 0 radical (unpaired) electrons. The quantitative estimate of drug-likeness (QED) is 0.707. The Morgan fingerprint density at radius 2 is 2.18 bits per heavy atom. The van der Waals surface area contributed by atoms with Crippen LogP contribution in [0.5, 0.6) is 0 Å². The van der Waals surface area contributed by atoms with E-state index in [1.807, 2.05) is 10.7 Å². The second-order valence-corrected chi connectivity index (χ2v) is 7.17. The van der Waals surface area contributed by atoms with E-state index in [-0.39, 0.29) is 17.6 Å². The summed E-state index contributed by atoms with van der Waals surface area (Å²) in [6.07, 6.45) is 4.32. The van der Waals surface area contributed by atoms with Crippen LogP contribution in [0.3, 0.4) is 0 Å². The van der Waals surface area contributed by atoms with Gasteiger partial charge in [0, 0.05) is 44.9 Å². The average Bonchev–Trinajstić information content (AvgIpc) is 3.26. The van der Waals surface area contributed by atoms with Gasteiger partial charge in [0.15, 0.2) is 5.65 Å². The summed E-state index contributed by atoms with van der Waals surface area (Å²) < 4.78 is 15.3. The lowest BCUT2D eigenvalue weighted by Gasteiger charge is -2.15. The molecule has 1 aromatic carbocycles. The predicted molar refractivity (Wildman–Crippen MR) is 103 cm³/mol. The van der Waals surface area contributed by atoms with Crippen LogP contribution in [0.2, 0.25) is 0 Å². The zero-order chi connectivity index (χ0) is 19.5. The fraction of sp³-hybridized carbons (Fsp3) is 0.400. The normalized spacial score (nSPS) is 17.3. The Labute approximate surface area is 162 Å². The molecule has 1 amide bonds. The summed E-state index contributed by atoms with van der Waals surface area (Å²) in [5.74, 6) is -0.00578. The van der Waals surface area contributed by atoms with Gasteiger partial charge in [-0.2, -0.15) is 5.10 Å². The largest absolute Gasteiger partial charge is 0.354 e. The second-order valence-electron chi connectivity index (χ2n) is 7.17. The second kappa shape index (κ2) is 8.02. The van der Waals surface area contributed by atoms with Gasteiger partial charge in [-0.1, -0.05) is 12.1 Å². The minimum Gasteiger partial charge on any atom is -0.354 e. The smallest absolute Gasteiger partial charge is 0.216 e. The van der Waals surface area contributed by atoms with Gasteiger partial charge in [0.1, 0.15) is 11.3 Å². The first-order valence-electron chi connectivity index (χ1n) is 9.49. The third-order valence-corrected chi connectivity index (χ3v) is 5.05. The number of rotatable bonds is 6. The fourth-order valence-corrected chi connectivity index (χ4v) is 3.79. The monoisotopic (exact) mass is 382 g/mol. The number of hydrogen-bond donors (Lipinski definition) is 1. The summed E-state index contributed by atoms with van der Waals surface area (Å²) in [4.78, 5) is 22.4. The Bertz CT molecular complexity index is 988. The maximum atomic E-state index is 13.4. The van der Waals surface area contributed by atoms with Gasteiger partial charge >= 0.3 is 0 Å². The highest BCUT2D eigenvalue weighted by Crippen LogP contribution is 2.31. The van der Waals surface area contributed by atoms with E-state index >= 15 is 0 Å². The molecule has 28 heavy (non-hydrogen) atoms. The van der Waals surface area contributed by atoms with Gasteiger partial charge in [0.2, 0.25) is 5.91 Å². The minimum absolute atomic E-state index is 0.0634. The molecule has 1 fully saturated rings. The van der Waals surface area contributed by atoms with Crippen molar-refractivity contribution in [2.24, 2.45) is 0 Å². The first-order chi connectivity index (χ1) is 13.6. The van der Waals surface area contributed by atoms with Crippen molar-refractivity contribution in [1.82, 2.24) is 30.0 Å². The molecule has 3 heterocycles. The van der Waals surface area contributed by atoms with Gasteiger partial charge in [0.25, 0.3) is 0 Å². The average molecular weight is 382 g/mol. The van der Waals surface area contributed by atoms with Crippen molar-refractivity contribution in [3.8, 4) is 0 Å². The lowest BCUT2D eigenvalue weighted by molar-refractivity contribution is -0.118. The van der Waals surface area contributed by atoms with Gasteiger partial charge in [-0.25, -0.2) is 19.0 Å². The van der Waals surface area contributed by atoms with Crippen molar-refractivity contribution in [3.63, 3.8) is 0 Å². The van der Waals surface area contributed by atoms with E-state index in [1.165, 1.54) is 13.0 Å². The minimum atomic E-state index is -0.201. The van der Waals surface area contributed by atoms with Crippen LogP contribution >= 0.6 is 0 Å². The van der Waals surface area contributed by atoms with E-state index in [4.69, 9.17) is 5.10 Å². The zero-order valence-electron chi connectivity index (χ0n) is 15.8. The highest BCUT2D eigenvalue weighted by atomic mass is 19.1. The van der Waals surface area contributed by atoms with Crippen LogP contribution in [0.15, 0.2) is 36.7 Å². The molecule has 0 unspecified atom stereocenters. The SMILES string of the molecule is CC(=O)NCCn1nc([C@H]2CCN(Cc3cccc(F)c3)C2)c2nccnc21. The Morgan fingerprint density at radius 1 is 1.32 bits per heavy atom. The van der Waals surface area contributed by atoms with Gasteiger partial charge in [-0.3, -0.25) is 9.69 Å². The molecule has 1 aliphatic rings. The van der Waals surface area contributed by atoms with Crippen LogP contribution in [0.1, 0.15) is 30.5 Å². The Balaban J connectivity index is 1.50. The summed E-state index contributed by atoms with van der Waals surface area (Å²) in [5, 5.41) is 7.57. The van der Waals surface area contributed by atoms with Gasteiger partial charge in [-0.15, -0.1) is 0 Å². The Kier molecular flexibility index (Phi) is 5.29. The van der Waals surface area contributed by atoms with Crippen LogP contribution in [-0.2, 0) is 17.9 Å². The van der Waals surface area contributed by atoms with E-state index in [2.05, 4.69) is 20.2 Å². The highest BCUT2D eigenvalue weighted by Gasteiger charge is 2.29. The van der Waals surface area contributed by atoms with Crippen LogP contribution in [-0.4, -0.2) is 50.2 Å². The Morgan fingerprint density at radius 3 is 3.00 bits per heavy atom. The van der Waals surface area contributed by atoms with Crippen LogP contribution < -0.4 is 5.32 Å². The van der Waals surface area contributed by atoms with Crippen molar-refractivity contribution in [1.29, 1.82) is 0 Å². The van der Waals surface area contributed by atoms with E-state index in [0.717, 1.165) is 48.5 Å². The van der Waals surface area contributed by atoms with Crippen LogP contribution in [0, 0.1) is 5.82 Å². The molecule has 0 saturated carbocycles. The lowest BCUT2D eigenvalue weighted by atomic mass is 10.0. The molecular weight excluding hydrogens is 359 g/mol. The molecule has 8 heteroatoms. The van der Waals surface area contributed by atoms with Crippen molar-refractivity contribution < 1.29 is 9.18 Å². The van der Waals surface area contributed by atoms with E-state index < -0.39 is 0 Å². The van der Waals surface area contributed by atoms with Crippen molar-refractivity contribution >= 4 is 17.1 Å². The summed E-state index contributed by atoms with van der Waals surface area (Å²) in [6, 6.07) is 6.76. The van der Waals surface area contributed by atoms with E-state index in [1.54, 1.807) is 24.5 Å². The standard InChI is InChI=1S/C20H23FN6O/c1-14(28)22-8-10-27-20-19(23-6-7-24-20)18(25-27)16-5-9-26(13-16)12-15-3-2-4-17(21)11-15/h2-4,6-7,11,16H,5,8-10,12-13H2,1H3,(H,22,28)/t16-/m0/s1. The predicted octanol–water partition coefficient (Wildman–Crippen LogP) is 2.09. The molecule has 2 aromatic heterocycles. The molecule has 1 saturated heterocycles. The van der Waals surface area contributed by atoms with Gasteiger partial charge in [-0.05, 0) is 30.7 Å². The lowest BCUT2D eigenvalue weighted by Crippen LogP contribution is -2.25. The first-order valence-corrected chi connectivity index (χ1v) is 9.49. The topological polar surface area (TPSA) is 75.9 Å². The number of carbonyl (C=O) groups excluding carboxylic acids is 1. The number of aromatic nitrogens is 4. The molecule has 1 aliphatic heterocycles. The Hall–Kier alpha value is -2.87. The molecule has 7 nitrogen and oxygen atoms in total. The summed E-state index contributed by atoms with van der Waals surface area (Å²) in [5.41, 5.74) is 3.49. The number of nitrogens with one attached hydrogen (secondary N) is 1. The molecule has 0 bridgehead atoms. The van der Waals surface area contributed by atoms with Crippen molar-refractivity contribution in [2.45, 2.75) is 32.4 Å². The number of likely N-dealkylation sites (tertiary alicyclic amines) is 1. The fourth-order valence-electron chi connectivity index (χ4n) is 3.79. The van der Waals surface area contributed by atoms with Gasteiger partial charge in [0.05, 0.1) is 12.2 Å². The molecule has 4 rings (SSSR count). The summed E-state index contributed by atoms with van der Waals surface area (Å²) >= 11 is 0. The van der Waals surface area contributed by atoms with Crippen LogP contribution in [0.4, 0.5) is 4.39 Å². The van der Waals surface area contributed by atoms with E-state index in [0.29, 0.717) is 13.1 Å². The number of amides is 1. The molecule has 3 aromatic rings. The van der Waals surface area contributed by atoms with E-state index in [9.17, 15) is 9.18 Å². The number of carbonyl (C=O) groups is 1. The van der Waals surface area contributed by atoms with Crippen molar-refractivity contribution in [2.75, 3.05) is 19.6 Å². The van der Waals surface area contributed by atoms with Crippen LogP contribution in [0.25, 0.3) is 11.2 Å². The molecule has 1 N–H and O–H groups in total. The number of fused-ring (bicyclic) bond motifs is 1. The van der Waals surface area contributed by atoms with Gasteiger partial charge < -0.3 is 5.32 Å². The molecule has 1 atom stereocenters. The highest BCUT2D eigenvalue weighted by molar-refractivity contribution is 5.74. The maximum absolute atomic E-state index is 13.4. The summed E-state index contributed by atoms with van der Waals surface area (Å²) in [6.45, 7) is 5.05. The number of benzene rings is 1. The molecular formula is C20H23FN6O. The maximum Gasteiger partial charge on any atom is 0.216 e. The zero-order valence-corrected chi connectivity index (χ0v) is 15.8. The molecule has 146 valence electrons. The molecule has 0 spiro atoms. The summed E-state index contributed by atoms with van der Waals surface area (Å²) in [7, 11) is 0. The van der Waals surface area contributed by atoms with Crippen molar-refractivity contribution in [3.05, 3.63) is 53.7 Å². The molecule has 0 aliphatic carbocycles. The third-order valence-electron chi connectivity index (χ3n) is 5.05.